The van der Waals surface area contributed by atoms with Crippen molar-refractivity contribution in [1.82, 2.24) is 0 Å². The Kier molecular flexibility index (Phi) is 4.99. The molecule has 2 bridgehead atoms. The lowest BCUT2D eigenvalue weighted by Gasteiger charge is -2.40. The monoisotopic (exact) mass is 296 g/mol. The van der Waals surface area contributed by atoms with Crippen LogP contribution in [0.2, 0.25) is 0 Å². The Balaban J connectivity index is 1.57. The highest BCUT2D eigenvalue weighted by Gasteiger charge is 2.54. The summed E-state index contributed by atoms with van der Waals surface area (Å²) in [6.45, 7) is 7.93. The van der Waals surface area contributed by atoms with Gasteiger partial charge in [-0.15, -0.1) is 0 Å². The Bertz CT molecular complexity index is 353. The first-order valence-electron chi connectivity index (χ1n) is 8.46. The molecule has 0 radical (unpaired) electrons. The van der Waals surface area contributed by atoms with E-state index in [4.69, 9.17) is 18.9 Å². The summed E-state index contributed by atoms with van der Waals surface area (Å²) in [6.07, 6.45) is 9.25. The molecule has 4 atom stereocenters. The van der Waals surface area contributed by atoms with Crippen molar-refractivity contribution in [3.05, 3.63) is 12.7 Å². The van der Waals surface area contributed by atoms with Crippen molar-refractivity contribution in [2.24, 2.45) is 5.92 Å². The Labute approximate surface area is 127 Å². The van der Waals surface area contributed by atoms with E-state index in [1.54, 1.807) is 6.08 Å². The Hall–Kier alpha value is -0.420. The van der Waals surface area contributed by atoms with E-state index in [0.29, 0.717) is 13.2 Å². The van der Waals surface area contributed by atoms with Crippen molar-refractivity contribution in [3.63, 3.8) is 0 Å². The third-order valence-electron chi connectivity index (χ3n) is 5.04. The molecule has 3 rings (SSSR count). The van der Waals surface area contributed by atoms with Gasteiger partial charge in [0.05, 0.1) is 12.7 Å². The quantitative estimate of drug-likeness (QED) is 0.706. The van der Waals surface area contributed by atoms with Gasteiger partial charge in [-0.25, -0.2) is 0 Å². The topological polar surface area (TPSA) is 36.9 Å². The summed E-state index contributed by atoms with van der Waals surface area (Å²) in [5.41, 5.74) is 0. The molecule has 4 heteroatoms. The van der Waals surface area contributed by atoms with Gasteiger partial charge in [-0.3, -0.25) is 0 Å². The van der Waals surface area contributed by atoms with Gasteiger partial charge >= 0.3 is 0 Å². The van der Waals surface area contributed by atoms with Crippen LogP contribution in [0.25, 0.3) is 0 Å². The van der Waals surface area contributed by atoms with Gasteiger partial charge in [-0.2, -0.15) is 0 Å². The van der Waals surface area contributed by atoms with Gasteiger partial charge in [0.2, 0.25) is 5.79 Å². The molecular weight excluding hydrogens is 268 g/mol. The molecule has 0 aromatic rings. The lowest BCUT2D eigenvalue weighted by atomic mass is 9.90. The van der Waals surface area contributed by atoms with Crippen LogP contribution >= 0.6 is 0 Å². The highest BCUT2D eigenvalue weighted by atomic mass is 16.8. The van der Waals surface area contributed by atoms with Crippen LogP contribution in [0.4, 0.5) is 0 Å². The lowest BCUT2D eigenvalue weighted by molar-refractivity contribution is -0.252. The third kappa shape index (κ3) is 3.19. The molecule has 2 saturated heterocycles. The smallest absolute Gasteiger partial charge is 0.215 e. The summed E-state index contributed by atoms with van der Waals surface area (Å²) in [7, 11) is 0. The van der Waals surface area contributed by atoms with E-state index >= 15 is 0 Å². The summed E-state index contributed by atoms with van der Waals surface area (Å²) in [4.78, 5) is 0. The summed E-state index contributed by atoms with van der Waals surface area (Å²) in [6, 6.07) is 0. The van der Waals surface area contributed by atoms with Crippen LogP contribution in [-0.2, 0) is 18.9 Å². The fourth-order valence-electron chi connectivity index (χ4n) is 3.81. The SMILES string of the molecule is C=CC12OC[C@@H](O1)[C@@H](OCC1CCCCC1)C[C@H]2OCC. The summed E-state index contributed by atoms with van der Waals surface area (Å²) in [5, 5.41) is 0. The number of ether oxygens (including phenoxy) is 4. The van der Waals surface area contributed by atoms with E-state index in [1.807, 2.05) is 6.92 Å². The fourth-order valence-corrected chi connectivity index (χ4v) is 3.81. The van der Waals surface area contributed by atoms with Crippen molar-refractivity contribution in [3.8, 4) is 0 Å². The molecule has 1 aliphatic carbocycles. The van der Waals surface area contributed by atoms with Gasteiger partial charge in [0, 0.05) is 19.6 Å². The van der Waals surface area contributed by atoms with E-state index in [2.05, 4.69) is 6.58 Å². The second-order valence-corrected chi connectivity index (χ2v) is 6.45. The van der Waals surface area contributed by atoms with Gasteiger partial charge in [-0.1, -0.05) is 25.8 Å². The van der Waals surface area contributed by atoms with E-state index in [-0.39, 0.29) is 18.3 Å². The lowest BCUT2D eigenvalue weighted by Crippen LogP contribution is -2.52. The van der Waals surface area contributed by atoms with Gasteiger partial charge < -0.3 is 18.9 Å². The largest absolute Gasteiger partial charge is 0.375 e. The standard InChI is InChI=1S/C17H28O4/c1-3-17-16(18-4-2)10-14(15(21-17)12-20-17)19-11-13-8-6-5-7-9-13/h3,13-16H,1,4-12H2,2H3/t14-,15+,16+,17?/m0/s1. The minimum absolute atomic E-state index is 0.0169. The Morgan fingerprint density at radius 2 is 2.05 bits per heavy atom. The second kappa shape index (κ2) is 6.78. The molecule has 0 spiro atoms. The van der Waals surface area contributed by atoms with Crippen LogP contribution in [0, 0.1) is 5.92 Å². The molecule has 3 aliphatic rings. The van der Waals surface area contributed by atoms with Crippen molar-refractivity contribution in [2.45, 2.75) is 69.5 Å². The first kappa shape index (κ1) is 15.5. The molecular formula is C17H28O4. The number of rotatable bonds is 6. The van der Waals surface area contributed by atoms with Crippen molar-refractivity contribution >= 4 is 0 Å². The van der Waals surface area contributed by atoms with E-state index in [0.717, 1.165) is 18.9 Å². The average Bonchev–Trinajstić information content (AvgIpc) is 2.91. The zero-order valence-electron chi connectivity index (χ0n) is 13.1. The maximum Gasteiger partial charge on any atom is 0.215 e. The molecule has 1 saturated carbocycles. The zero-order valence-corrected chi connectivity index (χ0v) is 13.1. The Morgan fingerprint density at radius 3 is 2.76 bits per heavy atom. The minimum Gasteiger partial charge on any atom is -0.375 e. The minimum atomic E-state index is -0.759. The van der Waals surface area contributed by atoms with Crippen LogP contribution in [-0.4, -0.2) is 43.9 Å². The maximum atomic E-state index is 6.20. The van der Waals surface area contributed by atoms with Crippen LogP contribution < -0.4 is 0 Å². The highest BCUT2D eigenvalue weighted by Crippen LogP contribution is 2.40. The average molecular weight is 296 g/mol. The molecule has 2 heterocycles. The van der Waals surface area contributed by atoms with Crippen molar-refractivity contribution in [2.75, 3.05) is 19.8 Å². The van der Waals surface area contributed by atoms with E-state index in [1.165, 1.54) is 32.1 Å². The van der Waals surface area contributed by atoms with Crippen LogP contribution in [0.1, 0.15) is 45.4 Å². The fraction of sp³-hybridized carbons (Fsp3) is 0.882. The van der Waals surface area contributed by atoms with E-state index in [9.17, 15) is 0 Å². The number of fused-ring (bicyclic) bond motifs is 2. The van der Waals surface area contributed by atoms with Crippen LogP contribution in [0.5, 0.6) is 0 Å². The van der Waals surface area contributed by atoms with E-state index < -0.39 is 5.79 Å². The Morgan fingerprint density at radius 1 is 1.24 bits per heavy atom. The van der Waals surface area contributed by atoms with Gasteiger partial charge in [0.1, 0.15) is 12.2 Å². The highest BCUT2D eigenvalue weighted by molar-refractivity contribution is 5.06. The summed E-state index contributed by atoms with van der Waals surface area (Å²) < 4.78 is 23.9. The van der Waals surface area contributed by atoms with Crippen molar-refractivity contribution < 1.29 is 18.9 Å². The molecule has 120 valence electrons. The predicted molar refractivity (Wildman–Crippen MR) is 80.1 cm³/mol. The molecule has 3 fully saturated rings. The molecule has 2 aliphatic heterocycles. The molecule has 0 amide bonds. The van der Waals surface area contributed by atoms with Crippen LogP contribution in [0.3, 0.4) is 0 Å². The molecule has 0 N–H and O–H groups in total. The maximum absolute atomic E-state index is 6.20. The van der Waals surface area contributed by atoms with Gasteiger partial charge in [0.15, 0.2) is 0 Å². The first-order valence-corrected chi connectivity index (χ1v) is 8.46. The van der Waals surface area contributed by atoms with Crippen LogP contribution in [0.15, 0.2) is 12.7 Å². The van der Waals surface area contributed by atoms with Gasteiger partial charge in [0.25, 0.3) is 0 Å². The second-order valence-electron chi connectivity index (χ2n) is 6.45. The first-order chi connectivity index (χ1) is 10.3. The predicted octanol–water partition coefficient (Wildman–Crippen LogP) is 3.06. The zero-order chi connectivity index (χ0) is 14.7. The van der Waals surface area contributed by atoms with Crippen molar-refractivity contribution in [1.29, 1.82) is 0 Å². The molecule has 21 heavy (non-hydrogen) atoms. The number of hydrogen-bond acceptors (Lipinski definition) is 4. The summed E-state index contributed by atoms with van der Waals surface area (Å²) >= 11 is 0. The molecule has 0 aromatic carbocycles. The third-order valence-corrected chi connectivity index (χ3v) is 5.04. The van der Waals surface area contributed by atoms with Gasteiger partial charge in [-0.05, 0) is 31.8 Å². The molecule has 4 nitrogen and oxygen atoms in total. The molecule has 1 unspecified atom stereocenters. The normalized spacial score (nSPS) is 40.3. The summed E-state index contributed by atoms with van der Waals surface area (Å²) in [5.74, 6) is -0.0385. The number of hydrogen-bond donors (Lipinski definition) is 0. The molecule has 0 aromatic heterocycles.